The van der Waals surface area contributed by atoms with E-state index in [2.05, 4.69) is 19.2 Å². The Morgan fingerprint density at radius 2 is 1.90 bits per heavy atom. The van der Waals surface area contributed by atoms with Crippen LogP contribution >= 0.6 is 0 Å². The molecule has 0 radical (unpaired) electrons. The van der Waals surface area contributed by atoms with Gasteiger partial charge in [0, 0.05) is 19.1 Å². The molecule has 21 heavy (non-hydrogen) atoms. The lowest BCUT2D eigenvalue weighted by atomic mass is 9.91. The van der Waals surface area contributed by atoms with Gasteiger partial charge in [0.25, 0.3) is 0 Å². The minimum Gasteiger partial charge on any atom is -0.481 e. The van der Waals surface area contributed by atoms with Crippen molar-refractivity contribution in [3.8, 4) is 0 Å². The van der Waals surface area contributed by atoms with E-state index in [1.807, 2.05) is 13.8 Å². The second-order valence-electron chi connectivity index (χ2n) is 6.96. The smallest absolute Gasteiger partial charge is 0.317 e. The van der Waals surface area contributed by atoms with Gasteiger partial charge in [0.2, 0.25) is 0 Å². The number of rotatable bonds is 6. The first-order chi connectivity index (χ1) is 9.79. The molecule has 5 heteroatoms. The number of likely N-dealkylation sites (tertiary alicyclic amines) is 1. The SMILES string of the molecule is CC(C)CCCC(C)NC(=O)N1CC(C)CC(C(=O)O)C1. The lowest BCUT2D eigenvalue weighted by Crippen LogP contribution is -2.51. The van der Waals surface area contributed by atoms with Crippen LogP contribution in [0.2, 0.25) is 0 Å². The zero-order valence-electron chi connectivity index (χ0n) is 13.8. The molecule has 0 bridgehead atoms. The van der Waals surface area contributed by atoms with Crippen molar-refractivity contribution in [2.24, 2.45) is 17.8 Å². The number of aliphatic carboxylic acids is 1. The Balaban J connectivity index is 2.41. The molecule has 0 aromatic heterocycles. The summed E-state index contributed by atoms with van der Waals surface area (Å²) in [5.74, 6) is -0.311. The number of carbonyl (C=O) groups excluding carboxylic acids is 1. The van der Waals surface area contributed by atoms with Gasteiger partial charge in [-0.25, -0.2) is 4.79 Å². The van der Waals surface area contributed by atoms with Crippen LogP contribution < -0.4 is 5.32 Å². The molecule has 0 aromatic carbocycles. The van der Waals surface area contributed by atoms with Crippen LogP contribution in [0, 0.1) is 17.8 Å². The standard InChI is InChI=1S/C16H30N2O3/c1-11(2)6-5-7-13(4)17-16(21)18-9-12(3)8-14(10-18)15(19)20/h11-14H,5-10H2,1-4H3,(H,17,21)(H,19,20). The Labute approximate surface area is 128 Å². The van der Waals surface area contributed by atoms with E-state index in [0.29, 0.717) is 25.4 Å². The highest BCUT2D eigenvalue weighted by Gasteiger charge is 2.32. The number of nitrogens with one attached hydrogen (secondary N) is 1. The van der Waals surface area contributed by atoms with Crippen LogP contribution in [-0.2, 0) is 4.79 Å². The minimum atomic E-state index is -0.802. The number of hydrogen-bond acceptors (Lipinski definition) is 2. The maximum Gasteiger partial charge on any atom is 0.317 e. The highest BCUT2D eigenvalue weighted by atomic mass is 16.4. The number of carboxylic acids is 1. The van der Waals surface area contributed by atoms with Crippen LogP contribution in [0.5, 0.6) is 0 Å². The van der Waals surface area contributed by atoms with Crippen LogP contribution in [0.4, 0.5) is 4.79 Å². The average Bonchev–Trinajstić information content (AvgIpc) is 2.37. The Morgan fingerprint density at radius 3 is 2.48 bits per heavy atom. The molecule has 3 atom stereocenters. The first-order valence-electron chi connectivity index (χ1n) is 8.07. The van der Waals surface area contributed by atoms with Crippen molar-refractivity contribution in [1.82, 2.24) is 10.2 Å². The Hall–Kier alpha value is -1.26. The number of nitrogens with zero attached hydrogens (tertiary/aromatic N) is 1. The summed E-state index contributed by atoms with van der Waals surface area (Å²) in [7, 11) is 0. The predicted molar refractivity (Wildman–Crippen MR) is 83.2 cm³/mol. The van der Waals surface area contributed by atoms with Crippen LogP contribution in [0.3, 0.4) is 0 Å². The third kappa shape index (κ3) is 6.36. The zero-order chi connectivity index (χ0) is 16.0. The summed E-state index contributed by atoms with van der Waals surface area (Å²) >= 11 is 0. The summed E-state index contributed by atoms with van der Waals surface area (Å²) < 4.78 is 0. The highest BCUT2D eigenvalue weighted by Crippen LogP contribution is 2.22. The number of carboxylic acid groups (broad SMARTS) is 1. The third-order valence-corrected chi connectivity index (χ3v) is 4.08. The third-order valence-electron chi connectivity index (χ3n) is 4.08. The number of piperidine rings is 1. The molecule has 5 nitrogen and oxygen atoms in total. The molecule has 1 rings (SSSR count). The van der Waals surface area contributed by atoms with Gasteiger partial charge in [0.15, 0.2) is 0 Å². The Kier molecular flexibility index (Phi) is 6.99. The fourth-order valence-corrected chi connectivity index (χ4v) is 2.90. The molecule has 0 saturated carbocycles. The van der Waals surface area contributed by atoms with E-state index >= 15 is 0 Å². The maximum absolute atomic E-state index is 12.2. The lowest BCUT2D eigenvalue weighted by Gasteiger charge is -2.35. The van der Waals surface area contributed by atoms with Crippen LogP contribution in [0.15, 0.2) is 0 Å². The van der Waals surface area contributed by atoms with Gasteiger partial charge >= 0.3 is 12.0 Å². The molecule has 3 unspecified atom stereocenters. The van der Waals surface area contributed by atoms with E-state index in [9.17, 15) is 9.59 Å². The fraction of sp³-hybridized carbons (Fsp3) is 0.875. The first kappa shape index (κ1) is 17.8. The second kappa shape index (κ2) is 8.25. The lowest BCUT2D eigenvalue weighted by molar-refractivity contribution is -0.143. The van der Waals surface area contributed by atoms with E-state index < -0.39 is 11.9 Å². The van der Waals surface area contributed by atoms with Crippen molar-refractivity contribution < 1.29 is 14.7 Å². The van der Waals surface area contributed by atoms with Crippen molar-refractivity contribution in [2.75, 3.05) is 13.1 Å². The van der Waals surface area contributed by atoms with Crippen molar-refractivity contribution >= 4 is 12.0 Å². The summed E-state index contributed by atoms with van der Waals surface area (Å²) in [6, 6.07) is 0.0154. The molecule has 122 valence electrons. The van der Waals surface area contributed by atoms with Gasteiger partial charge in [-0.05, 0) is 31.6 Å². The molecule has 1 aliphatic heterocycles. The van der Waals surface area contributed by atoms with Gasteiger partial charge < -0.3 is 15.3 Å². The van der Waals surface area contributed by atoms with E-state index in [-0.39, 0.29) is 18.0 Å². The molecule has 0 aromatic rings. The molecule has 1 fully saturated rings. The van der Waals surface area contributed by atoms with E-state index in [0.717, 1.165) is 12.8 Å². The largest absolute Gasteiger partial charge is 0.481 e. The summed E-state index contributed by atoms with van der Waals surface area (Å²) in [5, 5.41) is 12.1. The number of hydrogen-bond donors (Lipinski definition) is 2. The topological polar surface area (TPSA) is 69.6 Å². The molecule has 0 aliphatic carbocycles. The molecule has 2 amide bonds. The van der Waals surface area contributed by atoms with Gasteiger partial charge in [0.05, 0.1) is 5.92 Å². The molecule has 1 aliphatic rings. The quantitative estimate of drug-likeness (QED) is 0.792. The summed E-state index contributed by atoms with van der Waals surface area (Å²) in [6.45, 7) is 9.38. The normalized spacial score (nSPS) is 24.0. The molecule has 0 spiro atoms. The fourth-order valence-electron chi connectivity index (χ4n) is 2.90. The monoisotopic (exact) mass is 298 g/mol. The van der Waals surface area contributed by atoms with Crippen molar-refractivity contribution in [2.45, 2.75) is 59.4 Å². The zero-order valence-corrected chi connectivity index (χ0v) is 13.8. The molecule has 2 N–H and O–H groups in total. The predicted octanol–water partition coefficient (Wildman–Crippen LogP) is 2.95. The average molecular weight is 298 g/mol. The van der Waals surface area contributed by atoms with E-state index in [1.54, 1.807) is 4.90 Å². The number of carbonyl (C=O) groups is 2. The second-order valence-corrected chi connectivity index (χ2v) is 6.96. The molecule has 1 heterocycles. The van der Waals surface area contributed by atoms with Crippen molar-refractivity contribution in [1.29, 1.82) is 0 Å². The van der Waals surface area contributed by atoms with E-state index in [4.69, 9.17) is 5.11 Å². The first-order valence-corrected chi connectivity index (χ1v) is 8.07. The summed E-state index contributed by atoms with van der Waals surface area (Å²) in [4.78, 5) is 25.0. The van der Waals surface area contributed by atoms with Gasteiger partial charge in [-0.3, -0.25) is 4.79 Å². The van der Waals surface area contributed by atoms with Crippen LogP contribution in [0.1, 0.15) is 53.4 Å². The molecular formula is C16H30N2O3. The highest BCUT2D eigenvalue weighted by molar-refractivity contribution is 5.76. The summed E-state index contributed by atoms with van der Waals surface area (Å²) in [6.07, 6.45) is 3.90. The maximum atomic E-state index is 12.2. The van der Waals surface area contributed by atoms with Gasteiger partial charge in [-0.2, -0.15) is 0 Å². The van der Waals surface area contributed by atoms with Gasteiger partial charge in [-0.15, -0.1) is 0 Å². The molecular weight excluding hydrogens is 268 g/mol. The number of amides is 2. The Morgan fingerprint density at radius 1 is 1.24 bits per heavy atom. The summed E-state index contributed by atoms with van der Waals surface area (Å²) in [5.41, 5.74) is 0. The van der Waals surface area contributed by atoms with Crippen LogP contribution in [-0.4, -0.2) is 41.1 Å². The van der Waals surface area contributed by atoms with Crippen molar-refractivity contribution in [3.05, 3.63) is 0 Å². The number of urea groups is 1. The molecule has 1 saturated heterocycles. The van der Waals surface area contributed by atoms with Gasteiger partial charge in [-0.1, -0.05) is 33.6 Å². The van der Waals surface area contributed by atoms with E-state index in [1.165, 1.54) is 6.42 Å². The van der Waals surface area contributed by atoms with Crippen LogP contribution in [0.25, 0.3) is 0 Å². The van der Waals surface area contributed by atoms with Gasteiger partial charge in [0.1, 0.15) is 0 Å². The Bertz CT molecular complexity index is 357. The minimum absolute atomic E-state index is 0.121. The van der Waals surface area contributed by atoms with Crippen molar-refractivity contribution in [3.63, 3.8) is 0 Å².